The monoisotopic (exact) mass is 303 g/mol. The second-order valence-corrected chi connectivity index (χ2v) is 6.04. The van der Waals surface area contributed by atoms with Gasteiger partial charge >= 0.3 is 0 Å². The molecule has 2 aromatic rings. The van der Waals surface area contributed by atoms with Crippen LogP contribution < -0.4 is 5.32 Å². The van der Waals surface area contributed by atoms with Gasteiger partial charge in [-0.25, -0.2) is 0 Å². The summed E-state index contributed by atoms with van der Waals surface area (Å²) in [5.74, 6) is 0.493. The predicted molar refractivity (Wildman–Crippen MR) is 86.8 cm³/mol. The summed E-state index contributed by atoms with van der Waals surface area (Å²) in [5, 5.41) is 8.86. The molecule has 1 heterocycles. The van der Waals surface area contributed by atoms with Crippen molar-refractivity contribution in [2.45, 2.75) is 45.2 Å². The molecule has 1 aromatic heterocycles. The van der Waals surface area contributed by atoms with Crippen LogP contribution in [0.1, 0.15) is 49.0 Å². The minimum absolute atomic E-state index is 0.245. The van der Waals surface area contributed by atoms with Crippen molar-refractivity contribution in [1.82, 2.24) is 15.1 Å². The summed E-state index contributed by atoms with van der Waals surface area (Å²) >= 11 is 6.43. The number of rotatable bonds is 6. The fourth-order valence-corrected chi connectivity index (χ4v) is 3.52. The molecule has 0 radical (unpaired) electrons. The van der Waals surface area contributed by atoms with Crippen LogP contribution in [0.2, 0.25) is 5.02 Å². The van der Waals surface area contributed by atoms with Crippen LogP contribution in [0, 0.1) is 0 Å². The maximum absolute atomic E-state index is 6.43. The number of aryl methyl sites for hydroxylation is 1. The molecule has 21 heavy (non-hydrogen) atoms. The van der Waals surface area contributed by atoms with Crippen LogP contribution in [0.25, 0.3) is 0 Å². The molecule has 1 aromatic carbocycles. The Morgan fingerprint density at radius 3 is 2.90 bits per heavy atom. The number of aromatic nitrogens is 2. The molecule has 2 unspecified atom stereocenters. The fraction of sp³-hybridized carbons (Fsp3) is 0.471. The molecule has 1 aliphatic rings. The van der Waals surface area contributed by atoms with Gasteiger partial charge in [-0.2, -0.15) is 5.10 Å². The van der Waals surface area contributed by atoms with Gasteiger partial charge < -0.3 is 5.32 Å². The highest BCUT2D eigenvalue weighted by atomic mass is 35.5. The van der Waals surface area contributed by atoms with Crippen molar-refractivity contribution in [3.63, 3.8) is 0 Å². The van der Waals surface area contributed by atoms with Crippen LogP contribution in [0.3, 0.4) is 0 Å². The highest BCUT2D eigenvalue weighted by Crippen LogP contribution is 2.44. The lowest BCUT2D eigenvalue weighted by atomic mass is 9.72. The Morgan fingerprint density at radius 1 is 1.38 bits per heavy atom. The number of nitrogens with one attached hydrogen (secondary N) is 1. The predicted octanol–water partition coefficient (Wildman–Crippen LogP) is 3.94. The zero-order valence-corrected chi connectivity index (χ0v) is 13.4. The molecule has 0 saturated heterocycles. The van der Waals surface area contributed by atoms with Crippen molar-refractivity contribution in [3.05, 3.63) is 52.3 Å². The van der Waals surface area contributed by atoms with Crippen LogP contribution in [-0.2, 0) is 13.0 Å². The third-order valence-electron chi connectivity index (χ3n) is 4.34. The van der Waals surface area contributed by atoms with Gasteiger partial charge in [0.25, 0.3) is 0 Å². The molecular formula is C17H22ClN3. The molecule has 2 atom stereocenters. The van der Waals surface area contributed by atoms with Crippen molar-refractivity contribution < 1.29 is 0 Å². The lowest BCUT2D eigenvalue weighted by Gasteiger charge is -2.37. The molecule has 4 heteroatoms. The topological polar surface area (TPSA) is 29.9 Å². The van der Waals surface area contributed by atoms with E-state index in [4.69, 9.17) is 11.6 Å². The van der Waals surface area contributed by atoms with E-state index in [-0.39, 0.29) is 6.04 Å². The Hall–Kier alpha value is -1.32. The smallest absolute Gasteiger partial charge is 0.0834 e. The van der Waals surface area contributed by atoms with Crippen molar-refractivity contribution in [1.29, 1.82) is 0 Å². The number of hydrogen-bond donors (Lipinski definition) is 1. The third-order valence-corrected chi connectivity index (χ3v) is 4.63. The lowest BCUT2D eigenvalue weighted by Crippen LogP contribution is -2.35. The molecule has 1 aliphatic carbocycles. The van der Waals surface area contributed by atoms with Gasteiger partial charge in [0.2, 0.25) is 0 Å². The second-order valence-electron chi connectivity index (χ2n) is 5.63. The number of fused-ring (bicyclic) bond motifs is 1. The first-order valence-electron chi connectivity index (χ1n) is 7.78. The molecule has 0 amide bonds. The molecule has 0 spiro atoms. The van der Waals surface area contributed by atoms with Crippen LogP contribution in [-0.4, -0.2) is 16.3 Å². The number of hydrogen-bond acceptors (Lipinski definition) is 2. The van der Waals surface area contributed by atoms with Crippen LogP contribution in [0.5, 0.6) is 0 Å². The molecule has 0 aliphatic heterocycles. The van der Waals surface area contributed by atoms with Crippen molar-refractivity contribution in [3.8, 4) is 0 Å². The Morgan fingerprint density at radius 2 is 2.19 bits per heavy atom. The van der Waals surface area contributed by atoms with Crippen LogP contribution in [0.15, 0.2) is 30.5 Å². The van der Waals surface area contributed by atoms with Gasteiger partial charge in [0.1, 0.15) is 0 Å². The van der Waals surface area contributed by atoms with Gasteiger partial charge in [-0.3, -0.25) is 4.68 Å². The highest BCUT2D eigenvalue weighted by molar-refractivity contribution is 6.31. The van der Waals surface area contributed by atoms with Gasteiger partial charge in [-0.15, -0.1) is 0 Å². The quantitative estimate of drug-likeness (QED) is 0.876. The number of halogens is 1. The van der Waals surface area contributed by atoms with E-state index in [2.05, 4.69) is 48.5 Å². The molecule has 0 fully saturated rings. The summed E-state index contributed by atoms with van der Waals surface area (Å²) in [4.78, 5) is 0. The second kappa shape index (κ2) is 6.20. The van der Waals surface area contributed by atoms with E-state index < -0.39 is 0 Å². The molecule has 3 nitrogen and oxygen atoms in total. The fourth-order valence-electron chi connectivity index (χ4n) is 3.26. The Bertz CT molecular complexity index is 620. The van der Waals surface area contributed by atoms with E-state index >= 15 is 0 Å². The molecule has 0 bridgehead atoms. The Labute approximate surface area is 131 Å². The lowest BCUT2D eigenvalue weighted by molar-refractivity contribution is 0.386. The van der Waals surface area contributed by atoms with Gasteiger partial charge in [-0.05, 0) is 37.4 Å². The maximum atomic E-state index is 6.43. The van der Waals surface area contributed by atoms with Gasteiger partial charge in [0.05, 0.1) is 23.0 Å². The molecule has 0 saturated carbocycles. The zero-order valence-electron chi connectivity index (χ0n) is 12.6. The van der Waals surface area contributed by atoms with Crippen molar-refractivity contribution in [2.24, 2.45) is 0 Å². The average molecular weight is 304 g/mol. The Balaban J connectivity index is 1.94. The first kappa shape index (κ1) is 14.6. The van der Waals surface area contributed by atoms with Crippen LogP contribution >= 0.6 is 11.6 Å². The Kier molecular flexibility index (Phi) is 4.32. The number of nitrogens with zero attached hydrogens (tertiary/aromatic N) is 2. The maximum Gasteiger partial charge on any atom is 0.0834 e. The number of benzene rings is 1. The summed E-state index contributed by atoms with van der Waals surface area (Å²) in [6.45, 7) is 6.14. The van der Waals surface area contributed by atoms with Crippen molar-refractivity contribution in [2.75, 3.05) is 6.54 Å². The largest absolute Gasteiger partial charge is 0.308 e. The van der Waals surface area contributed by atoms with Crippen LogP contribution in [0.4, 0.5) is 0 Å². The van der Waals surface area contributed by atoms with Gasteiger partial charge in [0, 0.05) is 12.5 Å². The molecule has 112 valence electrons. The minimum atomic E-state index is 0.245. The first-order valence-corrected chi connectivity index (χ1v) is 8.16. The minimum Gasteiger partial charge on any atom is -0.308 e. The summed E-state index contributed by atoms with van der Waals surface area (Å²) in [7, 11) is 0. The van der Waals surface area contributed by atoms with E-state index in [1.165, 1.54) is 11.1 Å². The average Bonchev–Trinajstić information content (AvgIpc) is 2.85. The van der Waals surface area contributed by atoms with Crippen molar-refractivity contribution >= 4 is 11.6 Å². The zero-order chi connectivity index (χ0) is 14.8. The summed E-state index contributed by atoms with van der Waals surface area (Å²) in [6.07, 6.45) is 4.00. The van der Waals surface area contributed by atoms with E-state index in [0.29, 0.717) is 5.92 Å². The van der Waals surface area contributed by atoms with E-state index in [9.17, 15) is 0 Å². The summed E-state index contributed by atoms with van der Waals surface area (Å²) in [5.41, 5.74) is 4.04. The first-order chi connectivity index (χ1) is 10.3. The van der Waals surface area contributed by atoms with E-state index in [1.807, 2.05) is 4.68 Å². The highest BCUT2D eigenvalue weighted by Gasteiger charge is 2.36. The molecule has 1 N–H and O–H groups in total. The summed E-state index contributed by atoms with van der Waals surface area (Å²) < 4.78 is 2.02. The van der Waals surface area contributed by atoms with Gasteiger partial charge in [0.15, 0.2) is 0 Å². The molecular weight excluding hydrogens is 282 g/mol. The normalized spacial score (nSPS) is 18.1. The van der Waals surface area contributed by atoms with E-state index in [1.54, 1.807) is 6.20 Å². The standard InChI is InChI=1S/C17H22ClN3/c1-3-9-19-16(17-15(18)11-20-21(17)4-2)14-10-12-7-5-6-8-13(12)14/h5-8,11,14,16,19H,3-4,9-10H2,1-2H3. The summed E-state index contributed by atoms with van der Waals surface area (Å²) in [6, 6.07) is 8.95. The third kappa shape index (κ3) is 2.60. The SMILES string of the molecule is CCCNC(c1c(Cl)cnn1CC)C1Cc2ccccc21. The molecule has 3 rings (SSSR count). The van der Waals surface area contributed by atoms with E-state index in [0.717, 1.165) is 36.6 Å². The van der Waals surface area contributed by atoms with Gasteiger partial charge in [-0.1, -0.05) is 42.8 Å².